The average Bonchev–Trinajstić information content (AvgIpc) is 3.08. The second kappa shape index (κ2) is 5.16. The molecule has 0 atom stereocenters. The number of alkyl halides is 4. The van der Waals surface area contributed by atoms with E-state index in [4.69, 9.17) is 0 Å². The lowest BCUT2D eigenvalue weighted by Gasteiger charge is -2.18. The van der Waals surface area contributed by atoms with Gasteiger partial charge in [-0.2, -0.15) is 27.2 Å². The quantitative estimate of drug-likeness (QED) is 0.652. The minimum atomic E-state index is -4.20. The van der Waals surface area contributed by atoms with Gasteiger partial charge in [0.05, 0.1) is 30.5 Å². The molecule has 0 spiro atoms. The molecule has 0 aromatic carbocycles. The zero-order valence-corrected chi connectivity index (χ0v) is 12.8. The smallest absolute Gasteiger partial charge is 0.329 e. The molecule has 26 heavy (non-hydrogen) atoms. The number of nitrogens with one attached hydrogen (secondary N) is 2. The maximum atomic E-state index is 13.6. The molecule has 8 nitrogen and oxygen atoms in total. The van der Waals surface area contributed by atoms with Crippen molar-refractivity contribution in [2.24, 2.45) is 0 Å². The van der Waals surface area contributed by atoms with E-state index in [0.717, 1.165) is 15.6 Å². The van der Waals surface area contributed by atoms with E-state index in [1.165, 1.54) is 18.3 Å². The molecule has 1 aliphatic rings. The second-order valence-electron chi connectivity index (χ2n) is 5.85. The summed E-state index contributed by atoms with van der Waals surface area (Å²) >= 11 is 0. The molecular weight excluding hydrogens is 360 g/mol. The maximum Gasteiger partial charge on any atom is 0.329 e. The Labute approximate surface area is 141 Å². The molecule has 0 saturated carbocycles. The monoisotopic (exact) mass is 370 g/mol. The minimum Gasteiger partial charge on any atom is -0.344 e. The van der Waals surface area contributed by atoms with Gasteiger partial charge in [0.15, 0.2) is 5.65 Å². The maximum absolute atomic E-state index is 13.6. The van der Waals surface area contributed by atoms with Gasteiger partial charge >= 0.3 is 17.5 Å². The number of aromatic nitrogens is 5. The molecule has 0 radical (unpaired) electrons. The molecule has 0 unspecified atom stereocenters. The van der Waals surface area contributed by atoms with Crippen LogP contribution in [0.2, 0.25) is 0 Å². The van der Waals surface area contributed by atoms with E-state index in [2.05, 4.69) is 15.1 Å². The van der Waals surface area contributed by atoms with Crippen LogP contribution in [0.1, 0.15) is 0 Å². The standard InChI is InChI=1S/C14H10F4N6O2/c15-13(16)5-23(6-14(13,17)18)10-3-8(21-9-1-2-20-24(9)10)7-4-19-12(26)22-11(7)25/h1-4H,5-6H2,(H2,19,22,25,26). The van der Waals surface area contributed by atoms with Crippen LogP contribution in [0.15, 0.2) is 34.1 Å². The Hall–Kier alpha value is -3.18. The summed E-state index contributed by atoms with van der Waals surface area (Å²) in [6.07, 6.45) is 2.42. The van der Waals surface area contributed by atoms with E-state index < -0.39 is 36.2 Å². The van der Waals surface area contributed by atoms with Crippen LogP contribution in [0.4, 0.5) is 23.4 Å². The lowest BCUT2D eigenvalue weighted by Crippen LogP contribution is -2.38. The van der Waals surface area contributed by atoms with Crippen molar-refractivity contribution in [3.63, 3.8) is 0 Å². The molecule has 4 heterocycles. The van der Waals surface area contributed by atoms with Gasteiger partial charge in [-0.25, -0.2) is 9.78 Å². The Kier molecular flexibility index (Phi) is 3.23. The first-order chi connectivity index (χ1) is 12.2. The van der Waals surface area contributed by atoms with Crippen LogP contribution in [-0.2, 0) is 0 Å². The van der Waals surface area contributed by atoms with Crippen molar-refractivity contribution in [2.45, 2.75) is 11.8 Å². The zero-order valence-electron chi connectivity index (χ0n) is 12.8. The highest BCUT2D eigenvalue weighted by Gasteiger charge is 2.63. The molecule has 136 valence electrons. The van der Waals surface area contributed by atoms with Crippen molar-refractivity contribution in [1.29, 1.82) is 0 Å². The van der Waals surface area contributed by atoms with Gasteiger partial charge in [-0.15, -0.1) is 0 Å². The number of halogens is 4. The zero-order chi connectivity index (χ0) is 18.7. The molecule has 1 fully saturated rings. The third kappa shape index (κ3) is 2.36. The number of hydrogen-bond acceptors (Lipinski definition) is 5. The molecule has 3 aromatic heterocycles. The number of hydrogen-bond donors (Lipinski definition) is 2. The first-order valence-corrected chi connectivity index (χ1v) is 7.36. The van der Waals surface area contributed by atoms with Crippen molar-refractivity contribution in [3.05, 3.63) is 45.4 Å². The highest BCUT2D eigenvalue weighted by atomic mass is 19.3. The van der Waals surface area contributed by atoms with Crippen LogP contribution in [0, 0.1) is 0 Å². The Balaban J connectivity index is 1.89. The number of H-pyrrole nitrogens is 2. The molecule has 0 bridgehead atoms. The molecule has 2 N–H and O–H groups in total. The lowest BCUT2D eigenvalue weighted by atomic mass is 10.2. The molecule has 0 amide bonds. The molecular formula is C14H10F4N6O2. The molecule has 12 heteroatoms. The van der Waals surface area contributed by atoms with Gasteiger partial charge in [0.25, 0.3) is 5.56 Å². The number of anilines is 1. The summed E-state index contributed by atoms with van der Waals surface area (Å²) < 4.78 is 55.5. The Morgan fingerprint density at radius 1 is 1.12 bits per heavy atom. The number of nitrogens with zero attached hydrogens (tertiary/aromatic N) is 4. The molecule has 3 aromatic rings. The molecule has 4 rings (SSSR count). The number of rotatable bonds is 2. The van der Waals surface area contributed by atoms with E-state index in [1.807, 2.05) is 4.98 Å². The predicted molar refractivity (Wildman–Crippen MR) is 81.8 cm³/mol. The van der Waals surface area contributed by atoms with Gasteiger partial charge in [-0.3, -0.25) is 9.78 Å². The van der Waals surface area contributed by atoms with E-state index in [-0.39, 0.29) is 22.7 Å². The van der Waals surface area contributed by atoms with E-state index >= 15 is 0 Å². The van der Waals surface area contributed by atoms with E-state index in [0.29, 0.717) is 0 Å². The van der Waals surface area contributed by atoms with Crippen molar-refractivity contribution in [1.82, 2.24) is 24.6 Å². The van der Waals surface area contributed by atoms with Crippen LogP contribution in [0.25, 0.3) is 16.9 Å². The fourth-order valence-corrected chi connectivity index (χ4v) is 2.79. The second-order valence-corrected chi connectivity index (χ2v) is 5.85. The third-order valence-corrected chi connectivity index (χ3v) is 4.07. The molecule has 1 saturated heterocycles. The molecule has 1 aliphatic heterocycles. The highest BCUT2D eigenvalue weighted by Crippen LogP contribution is 2.42. The van der Waals surface area contributed by atoms with Gasteiger partial charge in [0, 0.05) is 18.3 Å². The summed E-state index contributed by atoms with van der Waals surface area (Å²) in [4.78, 5) is 32.3. The Morgan fingerprint density at radius 2 is 1.81 bits per heavy atom. The normalized spacial score (nSPS) is 18.5. The van der Waals surface area contributed by atoms with Crippen LogP contribution in [0.5, 0.6) is 0 Å². The first-order valence-electron chi connectivity index (χ1n) is 7.36. The number of fused-ring (bicyclic) bond motifs is 1. The van der Waals surface area contributed by atoms with Gasteiger partial charge in [0.1, 0.15) is 5.82 Å². The fraction of sp³-hybridized carbons (Fsp3) is 0.286. The topological polar surface area (TPSA) is 99.2 Å². The summed E-state index contributed by atoms with van der Waals surface area (Å²) in [5, 5.41) is 3.91. The lowest BCUT2D eigenvalue weighted by molar-refractivity contribution is -0.172. The minimum absolute atomic E-state index is 0.0176. The summed E-state index contributed by atoms with van der Waals surface area (Å²) in [6.45, 7) is -2.42. The average molecular weight is 370 g/mol. The third-order valence-electron chi connectivity index (χ3n) is 4.07. The SMILES string of the molecule is O=c1[nH]cc(-c2cc(N3CC(F)(F)C(F)(F)C3)n3nccc3n2)c(=O)[nH]1. The summed E-state index contributed by atoms with van der Waals surface area (Å²) in [5.41, 5.74) is -1.35. The first kappa shape index (κ1) is 16.3. The van der Waals surface area contributed by atoms with Crippen molar-refractivity contribution in [3.8, 4) is 11.3 Å². The summed E-state index contributed by atoms with van der Waals surface area (Å²) in [7, 11) is 0. The van der Waals surface area contributed by atoms with Crippen molar-refractivity contribution >= 4 is 11.5 Å². The van der Waals surface area contributed by atoms with Crippen molar-refractivity contribution < 1.29 is 17.6 Å². The van der Waals surface area contributed by atoms with Crippen LogP contribution < -0.4 is 16.1 Å². The van der Waals surface area contributed by atoms with E-state index in [1.54, 1.807) is 0 Å². The van der Waals surface area contributed by atoms with Gasteiger partial charge in [-0.05, 0) is 0 Å². The number of aromatic amines is 2. The predicted octanol–water partition coefficient (Wildman–Crippen LogP) is 0.863. The van der Waals surface area contributed by atoms with Crippen LogP contribution >= 0.6 is 0 Å². The van der Waals surface area contributed by atoms with E-state index in [9.17, 15) is 27.2 Å². The van der Waals surface area contributed by atoms with Gasteiger partial charge in [0.2, 0.25) is 0 Å². The Bertz CT molecular complexity index is 1100. The largest absolute Gasteiger partial charge is 0.344 e. The summed E-state index contributed by atoms with van der Waals surface area (Å²) in [6, 6.07) is 2.62. The van der Waals surface area contributed by atoms with Gasteiger partial charge < -0.3 is 9.88 Å². The van der Waals surface area contributed by atoms with Gasteiger partial charge in [-0.1, -0.05) is 0 Å². The van der Waals surface area contributed by atoms with Crippen LogP contribution in [-0.4, -0.2) is 49.5 Å². The van der Waals surface area contributed by atoms with Crippen molar-refractivity contribution in [2.75, 3.05) is 18.0 Å². The summed E-state index contributed by atoms with van der Waals surface area (Å²) in [5.74, 6) is -8.48. The molecule has 0 aliphatic carbocycles. The fourth-order valence-electron chi connectivity index (χ4n) is 2.79. The Morgan fingerprint density at radius 3 is 2.46 bits per heavy atom. The highest BCUT2D eigenvalue weighted by molar-refractivity contribution is 5.66. The van der Waals surface area contributed by atoms with Crippen LogP contribution in [0.3, 0.4) is 0 Å².